The Kier molecular flexibility index (Phi) is 3.27. The molecule has 1 aromatic carbocycles. The number of nitriles is 1. The van der Waals surface area contributed by atoms with Crippen LogP contribution in [0.15, 0.2) is 30.6 Å². The molecule has 0 aliphatic heterocycles. The Morgan fingerprint density at radius 3 is 2.63 bits per heavy atom. The number of rotatable bonds is 2. The predicted molar refractivity (Wildman–Crippen MR) is 59.2 cm³/mol. The van der Waals surface area contributed by atoms with Gasteiger partial charge in [0.25, 0.3) is 0 Å². The lowest BCUT2D eigenvalue weighted by Gasteiger charge is -2.06. The molecule has 0 atom stereocenters. The van der Waals surface area contributed by atoms with Gasteiger partial charge in [0, 0.05) is 6.20 Å². The summed E-state index contributed by atoms with van der Waals surface area (Å²) in [5.41, 5.74) is -0.00954. The van der Waals surface area contributed by atoms with E-state index in [-0.39, 0.29) is 17.9 Å². The first-order valence-electron chi connectivity index (χ1n) is 5.22. The fourth-order valence-electron chi connectivity index (χ4n) is 1.57. The van der Waals surface area contributed by atoms with E-state index in [0.717, 1.165) is 10.9 Å². The van der Waals surface area contributed by atoms with Gasteiger partial charge in [-0.1, -0.05) is 6.07 Å². The molecule has 1 heterocycles. The van der Waals surface area contributed by atoms with Crippen molar-refractivity contribution in [3.05, 3.63) is 47.3 Å². The van der Waals surface area contributed by atoms with E-state index in [1.54, 1.807) is 0 Å². The van der Waals surface area contributed by atoms with Gasteiger partial charge < -0.3 is 5.11 Å². The molecule has 0 saturated heterocycles. The molecule has 1 aromatic heterocycles. The fourth-order valence-corrected chi connectivity index (χ4v) is 1.57. The zero-order valence-electron chi connectivity index (χ0n) is 9.52. The monoisotopic (exact) mass is 267 g/mol. The van der Waals surface area contributed by atoms with Gasteiger partial charge in [-0.15, -0.1) is 0 Å². The molecule has 0 aliphatic rings. The van der Waals surface area contributed by atoms with Crippen LogP contribution in [-0.4, -0.2) is 14.9 Å². The van der Waals surface area contributed by atoms with Gasteiger partial charge in [0.1, 0.15) is 6.07 Å². The number of aliphatic hydroxyl groups is 1. The number of aliphatic hydroxyl groups excluding tert-OH is 1. The smallest absolute Gasteiger partial charge is 0.392 e. The third-order valence-electron chi connectivity index (χ3n) is 2.52. The van der Waals surface area contributed by atoms with Crippen molar-refractivity contribution < 1.29 is 18.3 Å². The molecule has 0 fully saturated rings. The van der Waals surface area contributed by atoms with E-state index in [4.69, 9.17) is 10.4 Å². The van der Waals surface area contributed by atoms with E-state index in [9.17, 15) is 13.2 Å². The molecule has 2 rings (SSSR count). The minimum absolute atomic E-state index is 0.142. The van der Waals surface area contributed by atoms with Gasteiger partial charge in [0.2, 0.25) is 0 Å². The van der Waals surface area contributed by atoms with Crippen molar-refractivity contribution in [2.75, 3.05) is 0 Å². The van der Waals surface area contributed by atoms with Gasteiger partial charge in [-0.25, -0.2) is 4.68 Å². The molecule has 0 unspecified atom stereocenters. The Morgan fingerprint density at radius 1 is 1.37 bits per heavy atom. The third kappa shape index (κ3) is 2.58. The molecule has 0 radical (unpaired) electrons. The molecule has 7 heteroatoms. The lowest BCUT2D eigenvalue weighted by Crippen LogP contribution is -2.03. The van der Waals surface area contributed by atoms with Crippen molar-refractivity contribution in [2.24, 2.45) is 0 Å². The molecule has 0 saturated carbocycles. The summed E-state index contributed by atoms with van der Waals surface area (Å²) >= 11 is 0. The second kappa shape index (κ2) is 4.74. The van der Waals surface area contributed by atoms with Crippen LogP contribution in [0.3, 0.4) is 0 Å². The highest BCUT2D eigenvalue weighted by atomic mass is 19.4. The van der Waals surface area contributed by atoms with E-state index >= 15 is 0 Å². The number of hydrogen-bond donors (Lipinski definition) is 1. The van der Waals surface area contributed by atoms with Crippen LogP contribution in [0, 0.1) is 11.3 Å². The molecular weight excluding hydrogens is 259 g/mol. The highest BCUT2D eigenvalue weighted by Gasteiger charge is 2.32. The molecule has 98 valence electrons. The summed E-state index contributed by atoms with van der Waals surface area (Å²) < 4.78 is 38.4. The van der Waals surface area contributed by atoms with E-state index in [1.807, 2.05) is 6.07 Å². The number of alkyl halides is 3. The number of aromatic nitrogens is 2. The number of halogens is 3. The highest BCUT2D eigenvalue weighted by Crippen LogP contribution is 2.29. The standard InChI is InChI=1S/C12H8F3N3O/c13-12(14,15)10-5-17-18(6-10)11-2-1-8(7-19)3-9(11)4-16/h1-3,5-6,19H,7H2. The van der Waals surface area contributed by atoms with E-state index < -0.39 is 11.7 Å². The number of hydrogen-bond acceptors (Lipinski definition) is 3. The minimum Gasteiger partial charge on any atom is -0.392 e. The topological polar surface area (TPSA) is 61.8 Å². The highest BCUT2D eigenvalue weighted by molar-refractivity contribution is 5.50. The van der Waals surface area contributed by atoms with Crippen LogP contribution in [-0.2, 0) is 12.8 Å². The molecule has 0 aliphatic carbocycles. The Labute approximate surface area is 106 Å². The van der Waals surface area contributed by atoms with Crippen molar-refractivity contribution in [2.45, 2.75) is 12.8 Å². The summed E-state index contributed by atoms with van der Waals surface area (Å²) in [4.78, 5) is 0. The van der Waals surface area contributed by atoms with Crippen LogP contribution >= 0.6 is 0 Å². The molecular formula is C12H8F3N3O. The predicted octanol–water partition coefficient (Wildman–Crippen LogP) is 2.26. The second-order valence-corrected chi connectivity index (χ2v) is 3.79. The van der Waals surface area contributed by atoms with Crippen molar-refractivity contribution in [1.29, 1.82) is 5.26 Å². The van der Waals surface area contributed by atoms with Crippen LogP contribution in [0.4, 0.5) is 13.2 Å². The average molecular weight is 267 g/mol. The van der Waals surface area contributed by atoms with E-state index in [2.05, 4.69) is 5.10 Å². The SMILES string of the molecule is N#Cc1cc(CO)ccc1-n1cc(C(F)(F)F)cn1. The second-order valence-electron chi connectivity index (χ2n) is 3.79. The van der Waals surface area contributed by atoms with Crippen LogP contribution < -0.4 is 0 Å². The molecule has 19 heavy (non-hydrogen) atoms. The summed E-state index contributed by atoms with van der Waals surface area (Å²) in [6.45, 7) is -0.248. The van der Waals surface area contributed by atoms with Crippen LogP contribution in [0.25, 0.3) is 5.69 Å². The Balaban J connectivity index is 2.48. The fraction of sp³-hybridized carbons (Fsp3) is 0.167. The summed E-state index contributed by atoms with van der Waals surface area (Å²) in [6.07, 6.45) is -2.97. The maximum absolute atomic E-state index is 12.5. The molecule has 0 bridgehead atoms. The van der Waals surface area contributed by atoms with Gasteiger partial charge in [0.15, 0.2) is 0 Å². The molecule has 0 amide bonds. The van der Waals surface area contributed by atoms with Crippen molar-refractivity contribution in [1.82, 2.24) is 9.78 Å². The van der Waals surface area contributed by atoms with Crippen molar-refractivity contribution in [3.8, 4) is 11.8 Å². The first-order chi connectivity index (χ1) is 8.95. The average Bonchev–Trinajstić information content (AvgIpc) is 2.87. The first-order valence-corrected chi connectivity index (χ1v) is 5.22. The largest absolute Gasteiger partial charge is 0.419 e. The summed E-state index contributed by atoms with van der Waals surface area (Å²) in [5.74, 6) is 0. The van der Waals surface area contributed by atoms with Gasteiger partial charge >= 0.3 is 6.18 Å². The van der Waals surface area contributed by atoms with Gasteiger partial charge in [-0.2, -0.15) is 23.5 Å². The Bertz CT molecular complexity index is 640. The Morgan fingerprint density at radius 2 is 2.11 bits per heavy atom. The quantitative estimate of drug-likeness (QED) is 0.907. The van der Waals surface area contributed by atoms with Crippen LogP contribution in [0.2, 0.25) is 0 Å². The maximum Gasteiger partial charge on any atom is 0.419 e. The number of nitrogens with zero attached hydrogens (tertiary/aromatic N) is 3. The Hall–Kier alpha value is -2.33. The van der Waals surface area contributed by atoms with Gasteiger partial charge in [-0.3, -0.25) is 0 Å². The van der Waals surface area contributed by atoms with Crippen LogP contribution in [0.5, 0.6) is 0 Å². The van der Waals surface area contributed by atoms with Crippen molar-refractivity contribution >= 4 is 0 Å². The van der Waals surface area contributed by atoms with Gasteiger partial charge in [0.05, 0.1) is 29.6 Å². The lowest BCUT2D eigenvalue weighted by atomic mass is 10.1. The van der Waals surface area contributed by atoms with Crippen LogP contribution in [0.1, 0.15) is 16.7 Å². The number of benzene rings is 1. The minimum atomic E-state index is -4.48. The molecule has 1 N–H and O–H groups in total. The zero-order valence-corrected chi connectivity index (χ0v) is 9.52. The third-order valence-corrected chi connectivity index (χ3v) is 2.52. The normalized spacial score (nSPS) is 11.3. The van der Waals surface area contributed by atoms with Gasteiger partial charge in [-0.05, 0) is 17.7 Å². The molecule has 0 spiro atoms. The molecule has 4 nitrogen and oxygen atoms in total. The summed E-state index contributed by atoms with van der Waals surface area (Å²) in [7, 11) is 0. The summed E-state index contributed by atoms with van der Waals surface area (Å²) in [5, 5.41) is 21.5. The van der Waals surface area contributed by atoms with E-state index in [1.165, 1.54) is 18.2 Å². The molecule has 2 aromatic rings. The summed E-state index contributed by atoms with van der Waals surface area (Å²) in [6, 6.07) is 6.23. The maximum atomic E-state index is 12.5. The first kappa shape index (κ1) is 13.1. The van der Waals surface area contributed by atoms with Crippen molar-refractivity contribution in [3.63, 3.8) is 0 Å². The van der Waals surface area contributed by atoms with E-state index in [0.29, 0.717) is 11.8 Å². The zero-order chi connectivity index (χ0) is 14.0. The lowest BCUT2D eigenvalue weighted by molar-refractivity contribution is -0.137.